The van der Waals surface area contributed by atoms with Crippen LogP contribution in [0, 0.1) is 24.0 Å². The maximum absolute atomic E-state index is 12.3. The van der Waals surface area contributed by atoms with Gasteiger partial charge >= 0.3 is 12.0 Å². The Morgan fingerprint density at radius 1 is 1.27 bits per heavy atom. The topological polar surface area (TPSA) is 120 Å². The van der Waals surface area contributed by atoms with E-state index in [1.54, 1.807) is 0 Å². The number of aromatic nitrogens is 2. The molecule has 0 atom stereocenters. The van der Waals surface area contributed by atoms with E-state index in [1.807, 2.05) is 0 Å². The molecule has 0 saturated heterocycles. The number of rotatable bonds is 7. The molecule has 10 nitrogen and oxygen atoms in total. The minimum absolute atomic E-state index is 0.170. The summed E-state index contributed by atoms with van der Waals surface area (Å²) < 4.78 is 41.4. The van der Waals surface area contributed by atoms with E-state index in [4.69, 9.17) is 0 Å². The number of halogens is 3. The van der Waals surface area contributed by atoms with E-state index in [0.717, 1.165) is 17.0 Å². The summed E-state index contributed by atoms with van der Waals surface area (Å²) in [6, 6.07) is 4.51. The SMILES string of the molecule is Cc1nn(CC(=O)N(C)CC(=O)Nc2ccc(OC(F)(F)F)cc2)c(C)c1[N+](=O)[O-]. The molecule has 1 aromatic heterocycles. The second-order valence-corrected chi connectivity index (χ2v) is 6.30. The van der Waals surface area contributed by atoms with Crippen molar-refractivity contribution < 1.29 is 32.4 Å². The van der Waals surface area contributed by atoms with Gasteiger partial charge in [-0.25, -0.2) is 0 Å². The summed E-state index contributed by atoms with van der Waals surface area (Å²) in [5.74, 6) is -1.54. The highest BCUT2D eigenvalue weighted by Gasteiger charge is 2.31. The lowest BCUT2D eigenvalue weighted by atomic mass is 10.3. The van der Waals surface area contributed by atoms with Crippen LogP contribution in [-0.4, -0.2) is 51.4 Å². The second kappa shape index (κ2) is 8.80. The predicted molar refractivity (Wildman–Crippen MR) is 97.7 cm³/mol. The number of nitro groups is 1. The summed E-state index contributed by atoms with van der Waals surface area (Å²) in [6.07, 6.45) is -4.82. The van der Waals surface area contributed by atoms with Gasteiger partial charge in [-0.1, -0.05) is 0 Å². The highest BCUT2D eigenvalue weighted by molar-refractivity contribution is 5.94. The van der Waals surface area contributed by atoms with Crippen LogP contribution >= 0.6 is 0 Å². The number of hydrogen-bond donors (Lipinski definition) is 1. The lowest BCUT2D eigenvalue weighted by molar-refractivity contribution is -0.386. The highest BCUT2D eigenvalue weighted by Crippen LogP contribution is 2.24. The largest absolute Gasteiger partial charge is 0.573 e. The van der Waals surface area contributed by atoms with Crippen molar-refractivity contribution in [2.75, 3.05) is 18.9 Å². The van der Waals surface area contributed by atoms with E-state index in [0.29, 0.717) is 0 Å². The van der Waals surface area contributed by atoms with Gasteiger partial charge in [0.1, 0.15) is 23.7 Å². The van der Waals surface area contributed by atoms with Gasteiger partial charge in [-0.3, -0.25) is 24.4 Å². The van der Waals surface area contributed by atoms with Gasteiger partial charge < -0.3 is 15.0 Å². The fourth-order valence-electron chi connectivity index (χ4n) is 2.60. The van der Waals surface area contributed by atoms with Gasteiger partial charge in [-0.2, -0.15) is 5.10 Å². The van der Waals surface area contributed by atoms with Gasteiger partial charge in [-0.15, -0.1) is 13.2 Å². The van der Waals surface area contributed by atoms with Crippen molar-refractivity contribution >= 4 is 23.2 Å². The van der Waals surface area contributed by atoms with Crippen LogP contribution in [0.2, 0.25) is 0 Å². The molecule has 0 aliphatic heterocycles. The average molecular weight is 429 g/mol. The Balaban J connectivity index is 1.93. The Labute approximate surface area is 168 Å². The predicted octanol–water partition coefficient (Wildman–Crippen LogP) is 2.40. The van der Waals surface area contributed by atoms with Gasteiger partial charge in [0.05, 0.1) is 11.5 Å². The van der Waals surface area contributed by atoms with Crippen molar-refractivity contribution in [1.82, 2.24) is 14.7 Å². The monoisotopic (exact) mass is 429 g/mol. The zero-order valence-electron chi connectivity index (χ0n) is 16.2. The normalized spacial score (nSPS) is 11.1. The summed E-state index contributed by atoms with van der Waals surface area (Å²) >= 11 is 0. The number of hydrogen-bond acceptors (Lipinski definition) is 6. The van der Waals surface area contributed by atoms with Gasteiger partial charge in [0.15, 0.2) is 0 Å². The molecule has 1 aromatic carbocycles. The third-order valence-corrected chi connectivity index (χ3v) is 3.99. The first-order valence-electron chi connectivity index (χ1n) is 8.45. The molecular weight excluding hydrogens is 411 g/mol. The number of aryl methyl sites for hydroxylation is 1. The average Bonchev–Trinajstić information content (AvgIpc) is 2.88. The molecule has 1 N–H and O–H groups in total. The smallest absolute Gasteiger partial charge is 0.406 e. The van der Waals surface area contributed by atoms with E-state index in [-0.39, 0.29) is 35.9 Å². The second-order valence-electron chi connectivity index (χ2n) is 6.30. The van der Waals surface area contributed by atoms with Crippen molar-refractivity contribution in [3.8, 4) is 5.75 Å². The Morgan fingerprint density at radius 3 is 2.37 bits per heavy atom. The van der Waals surface area contributed by atoms with Crippen LogP contribution in [-0.2, 0) is 16.1 Å². The highest BCUT2D eigenvalue weighted by atomic mass is 19.4. The van der Waals surface area contributed by atoms with Gasteiger partial charge in [0.25, 0.3) is 0 Å². The molecule has 0 saturated carbocycles. The fourth-order valence-corrected chi connectivity index (χ4v) is 2.60. The Bertz CT molecular complexity index is 956. The summed E-state index contributed by atoms with van der Waals surface area (Å²) in [5, 5.41) is 17.4. The van der Waals surface area contributed by atoms with Crippen molar-refractivity contribution in [3.63, 3.8) is 0 Å². The minimum atomic E-state index is -4.82. The number of carbonyl (C=O) groups excluding carboxylic acids is 2. The molecule has 30 heavy (non-hydrogen) atoms. The van der Waals surface area contributed by atoms with E-state index in [9.17, 15) is 32.9 Å². The summed E-state index contributed by atoms with van der Waals surface area (Å²) in [6.45, 7) is 2.27. The van der Waals surface area contributed by atoms with Crippen LogP contribution in [0.3, 0.4) is 0 Å². The molecule has 1 heterocycles. The number of amides is 2. The lowest BCUT2D eigenvalue weighted by Gasteiger charge is -2.17. The van der Waals surface area contributed by atoms with Crippen LogP contribution < -0.4 is 10.1 Å². The zero-order chi connectivity index (χ0) is 22.6. The number of alkyl halides is 3. The maximum atomic E-state index is 12.3. The molecule has 13 heteroatoms. The van der Waals surface area contributed by atoms with Crippen LogP contribution in [0.25, 0.3) is 0 Å². The first-order chi connectivity index (χ1) is 13.9. The van der Waals surface area contributed by atoms with Crippen LogP contribution in [0.1, 0.15) is 11.4 Å². The van der Waals surface area contributed by atoms with Gasteiger partial charge in [0, 0.05) is 12.7 Å². The van der Waals surface area contributed by atoms with Crippen LogP contribution in [0.4, 0.5) is 24.5 Å². The Morgan fingerprint density at radius 2 is 1.87 bits per heavy atom. The molecule has 0 aliphatic rings. The third-order valence-electron chi connectivity index (χ3n) is 3.99. The fraction of sp³-hybridized carbons (Fsp3) is 0.353. The number of carbonyl (C=O) groups is 2. The Kier molecular flexibility index (Phi) is 6.64. The van der Waals surface area contributed by atoms with Crippen molar-refractivity contribution in [3.05, 3.63) is 45.8 Å². The summed E-state index contributed by atoms with van der Waals surface area (Å²) in [5.41, 5.74) is 0.416. The molecule has 2 rings (SSSR count). The number of likely N-dealkylation sites (N-methyl/N-ethyl adjacent to an activating group) is 1. The number of nitrogens with zero attached hydrogens (tertiary/aromatic N) is 4. The molecule has 162 valence electrons. The van der Waals surface area contributed by atoms with Gasteiger partial charge in [0.2, 0.25) is 11.8 Å². The Hall–Kier alpha value is -3.64. The number of benzene rings is 1. The first kappa shape index (κ1) is 22.6. The summed E-state index contributed by atoms with van der Waals surface area (Å²) in [4.78, 5) is 35.9. The number of nitrogens with one attached hydrogen (secondary N) is 1. The van der Waals surface area contributed by atoms with Crippen LogP contribution in [0.5, 0.6) is 5.75 Å². The van der Waals surface area contributed by atoms with Crippen LogP contribution in [0.15, 0.2) is 24.3 Å². The molecule has 0 aliphatic carbocycles. The van der Waals surface area contributed by atoms with Crippen molar-refractivity contribution in [1.29, 1.82) is 0 Å². The molecule has 0 spiro atoms. The molecule has 0 unspecified atom stereocenters. The van der Waals surface area contributed by atoms with E-state index in [1.165, 1.54) is 37.7 Å². The molecule has 2 aromatic rings. The number of anilines is 1. The molecule has 0 bridgehead atoms. The zero-order valence-corrected chi connectivity index (χ0v) is 16.2. The van der Waals surface area contributed by atoms with E-state index in [2.05, 4.69) is 15.2 Å². The molecule has 2 amide bonds. The third kappa shape index (κ3) is 5.93. The number of ether oxygens (including phenoxy) is 1. The van der Waals surface area contributed by atoms with Crippen molar-refractivity contribution in [2.24, 2.45) is 0 Å². The minimum Gasteiger partial charge on any atom is -0.406 e. The molecular formula is C17H18F3N5O5. The lowest BCUT2D eigenvalue weighted by Crippen LogP contribution is -2.37. The molecule has 0 radical (unpaired) electrons. The van der Waals surface area contributed by atoms with E-state index < -0.39 is 28.8 Å². The van der Waals surface area contributed by atoms with Crippen molar-refractivity contribution in [2.45, 2.75) is 26.8 Å². The maximum Gasteiger partial charge on any atom is 0.573 e. The summed E-state index contributed by atoms with van der Waals surface area (Å²) in [7, 11) is 1.36. The first-order valence-corrected chi connectivity index (χ1v) is 8.45. The standard InChI is InChI=1S/C17H18F3N5O5/c1-10-16(25(28)29)11(2)24(22-10)9-15(27)23(3)8-14(26)21-12-4-6-13(7-5-12)30-17(18,19)20/h4-7H,8-9H2,1-3H3,(H,21,26). The quantitative estimate of drug-likeness (QED) is 0.533. The van der Waals surface area contributed by atoms with Gasteiger partial charge in [-0.05, 0) is 38.1 Å². The van der Waals surface area contributed by atoms with E-state index >= 15 is 0 Å². The molecule has 0 fully saturated rings.